The SMILES string of the molecule is CC([O])OC12CCNC1CC2. The monoisotopic (exact) mass is 156 g/mol. The van der Waals surface area contributed by atoms with E-state index in [0.717, 1.165) is 19.4 Å². The first-order valence-corrected chi connectivity index (χ1v) is 4.30. The summed E-state index contributed by atoms with van der Waals surface area (Å²) in [5.74, 6) is 0. The van der Waals surface area contributed by atoms with Crippen LogP contribution in [0.2, 0.25) is 0 Å². The standard InChI is InChI=1S/C8H14NO2/c1-6(10)11-8-3-2-7(8)9-5-4-8/h6-7,9H,2-5H2,1H3. The molecule has 1 saturated carbocycles. The Balaban J connectivity index is 1.98. The van der Waals surface area contributed by atoms with Gasteiger partial charge in [0.05, 0.1) is 5.60 Å². The van der Waals surface area contributed by atoms with Crippen LogP contribution in [0.1, 0.15) is 26.2 Å². The first-order valence-electron chi connectivity index (χ1n) is 4.30. The third-order valence-corrected chi connectivity index (χ3v) is 2.83. The van der Waals surface area contributed by atoms with Gasteiger partial charge in [-0.15, -0.1) is 0 Å². The Kier molecular flexibility index (Phi) is 1.67. The minimum atomic E-state index is -0.863. The normalized spacial score (nSPS) is 44.7. The Morgan fingerprint density at radius 3 is 2.91 bits per heavy atom. The zero-order valence-electron chi connectivity index (χ0n) is 6.80. The van der Waals surface area contributed by atoms with Gasteiger partial charge in [0.1, 0.15) is 0 Å². The summed E-state index contributed by atoms with van der Waals surface area (Å²) in [7, 11) is 0. The van der Waals surface area contributed by atoms with Crippen molar-refractivity contribution in [1.29, 1.82) is 0 Å². The zero-order valence-corrected chi connectivity index (χ0v) is 6.80. The highest BCUT2D eigenvalue weighted by Gasteiger charge is 2.51. The van der Waals surface area contributed by atoms with Crippen LogP contribution in [-0.2, 0) is 9.84 Å². The molecule has 0 aromatic carbocycles. The lowest BCUT2D eigenvalue weighted by molar-refractivity contribution is -0.229. The van der Waals surface area contributed by atoms with E-state index >= 15 is 0 Å². The molecule has 0 aromatic rings. The van der Waals surface area contributed by atoms with Gasteiger partial charge < -0.3 is 10.1 Å². The molecule has 1 saturated heterocycles. The number of hydrogen-bond acceptors (Lipinski definition) is 2. The molecule has 0 spiro atoms. The lowest BCUT2D eigenvalue weighted by atomic mass is 9.75. The summed E-state index contributed by atoms with van der Waals surface area (Å²) < 4.78 is 5.38. The van der Waals surface area contributed by atoms with Gasteiger partial charge in [-0.1, -0.05) is 0 Å². The van der Waals surface area contributed by atoms with Crippen LogP contribution < -0.4 is 5.32 Å². The van der Waals surface area contributed by atoms with Crippen LogP contribution in [0, 0.1) is 0 Å². The Bertz CT molecular complexity index is 160. The molecule has 0 aromatic heterocycles. The van der Waals surface area contributed by atoms with Crippen LogP contribution in [0.15, 0.2) is 0 Å². The van der Waals surface area contributed by atoms with Gasteiger partial charge in [0.25, 0.3) is 0 Å². The van der Waals surface area contributed by atoms with Gasteiger partial charge in [-0.05, 0) is 32.7 Å². The van der Waals surface area contributed by atoms with Gasteiger partial charge >= 0.3 is 0 Å². The second kappa shape index (κ2) is 2.44. The van der Waals surface area contributed by atoms with Crippen LogP contribution in [0.3, 0.4) is 0 Å². The lowest BCUT2D eigenvalue weighted by Gasteiger charge is -2.44. The van der Waals surface area contributed by atoms with Crippen LogP contribution >= 0.6 is 0 Å². The van der Waals surface area contributed by atoms with Crippen molar-refractivity contribution in [1.82, 2.24) is 5.32 Å². The van der Waals surface area contributed by atoms with Crippen molar-refractivity contribution >= 4 is 0 Å². The highest BCUT2D eigenvalue weighted by molar-refractivity contribution is 5.07. The molecule has 1 aliphatic heterocycles. The van der Waals surface area contributed by atoms with Crippen LogP contribution in [-0.4, -0.2) is 24.5 Å². The maximum Gasteiger partial charge on any atom is 0.189 e. The molecular formula is C8H14NO2. The summed E-state index contributed by atoms with van der Waals surface area (Å²) in [4.78, 5) is 0. The molecule has 0 bridgehead atoms. The predicted octanol–water partition coefficient (Wildman–Crippen LogP) is 0.674. The van der Waals surface area contributed by atoms with Crippen molar-refractivity contribution in [2.45, 2.75) is 44.1 Å². The molecule has 3 nitrogen and oxygen atoms in total. The van der Waals surface area contributed by atoms with Crippen molar-refractivity contribution in [3.8, 4) is 0 Å². The average molecular weight is 156 g/mol. The van der Waals surface area contributed by atoms with Gasteiger partial charge in [-0.3, -0.25) is 0 Å². The average Bonchev–Trinajstić information content (AvgIpc) is 2.13. The molecule has 2 rings (SSSR count). The van der Waals surface area contributed by atoms with Crippen molar-refractivity contribution < 1.29 is 9.84 Å². The first kappa shape index (κ1) is 7.53. The zero-order chi connectivity index (χ0) is 7.90. The summed E-state index contributed by atoms with van der Waals surface area (Å²) in [6, 6.07) is 0.471. The second-order valence-corrected chi connectivity index (χ2v) is 3.55. The smallest absolute Gasteiger partial charge is 0.189 e. The molecule has 1 aliphatic carbocycles. The van der Waals surface area contributed by atoms with E-state index in [-0.39, 0.29) is 5.60 Å². The minimum absolute atomic E-state index is 0.0683. The van der Waals surface area contributed by atoms with Gasteiger partial charge in [-0.25, -0.2) is 5.11 Å². The van der Waals surface area contributed by atoms with E-state index in [0.29, 0.717) is 6.04 Å². The van der Waals surface area contributed by atoms with Crippen LogP contribution in [0.5, 0.6) is 0 Å². The predicted molar refractivity (Wildman–Crippen MR) is 39.6 cm³/mol. The fourth-order valence-corrected chi connectivity index (χ4v) is 2.19. The summed E-state index contributed by atoms with van der Waals surface area (Å²) in [5.41, 5.74) is -0.0683. The van der Waals surface area contributed by atoms with Gasteiger partial charge in [0, 0.05) is 6.04 Å². The van der Waals surface area contributed by atoms with Crippen molar-refractivity contribution in [3.05, 3.63) is 0 Å². The fourth-order valence-electron chi connectivity index (χ4n) is 2.19. The molecule has 1 heterocycles. The van der Waals surface area contributed by atoms with Crippen molar-refractivity contribution in [2.75, 3.05) is 6.54 Å². The minimum Gasteiger partial charge on any atom is -0.342 e. The maximum atomic E-state index is 10.8. The Morgan fingerprint density at radius 1 is 1.64 bits per heavy atom. The molecule has 1 radical (unpaired) electrons. The molecular weight excluding hydrogens is 142 g/mol. The van der Waals surface area contributed by atoms with E-state index in [2.05, 4.69) is 5.32 Å². The number of ether oxygens (including phenoxy) is 1. The Hall–Kier alpha value is -0.120. The first-order chi connectivity index (χ1) is 5.23. The van der Waals surface area contributed by atoms with E-state index in [1.165, 1.54) is 6.42 Å². The summed E-state index contributed by atoms with van der Waals surface area (Å²) in [5, 5.41) is 14.2. The van der Waals surface area contributed by atoms with E-state index in [9.17, 15) is 5.11 Å². The van der Waals surface area contributed by atoms with Crippen molar-refractivity contribution in [3.63, 3.8) is 0 Å². The molecule has 3 unspecified atom stereocenters. The summed E-state index contributed by atoms with van der Waals surface area (Å²) in [6.45, 7) is 2.58. The fraction of sp³-hybridized carbons (Fsp3) is 1.00. The summed E-state index contributed by atoms with van der Waals surface area (Å²) in [6.07, 6.45) is 2.39. The van der Waals surface area contributed by atoms with E-state index in [4.69, 9.17) is 4.74 Å². The highest BCUT2D eigenvalue weighted by atomic mass is 16.6. The number of nitrogens with one attached hydrogen (secondary N) is 1. The number of rotatable bonds is 2. The molecule has 3 atom stereocenters. The maximum absolute atomic E-state index is 10.8. The van der Waals surface area contributed by atoms with Crippen LogP contribution in [0.4, 0.5) is 0 Å². The van der Waals surface area contributed by atoms with Gasteiger partial charge in [0.2, 0.25) is 0 Å². The molecule has 11 heavy (non-hydrogen) atoms. The molecule has 1 N–H and O–H groups in total. The Morgan fingerprint density at radius 2 is 2.45 bits per heavy atom. The lowest BCUT2D eigenvalue weighted by Crippen LogP contribution is -2.54. The molecule has 63 valence electrons. The quantitative estimate of drug-likeness (QED) is 0.597. The molecule has 0 amide bonds. The Labute approximate surface area is 66.7 Å². The number of fused-ring (bicyclic) bond motifs is 1. The molecule has 2 aliphatic rings. The third-order valence-electron chi connectivity index (χ3n) is 2.83. The largest absolute Gasteiger partial charge is 0.342 e. The van der Waals surface area contributed by atoms with E-state index < -0.39 is 6.29 Å². The second-order valence-electron chi connectivity index (χ2n) is 3.55. The van der Waals surface area contributed by atoms with E-state index in [1.54, 1.807) is 6.92 Å². The summed E-state index contributed by atoms with van der Waals surface area (Å²) >= 11 is 0. The van der Waals surface area contributed by atoms with E-state index in [1.807, 2.05) is 0 Å². The van der Waals surface area contributed by atoms with Crippen LogP contribution in [0.25, 0.3) is 0 Å². The van der Waals surface area contributed by atoms with Crippen molar-refractivity contribution in [2.24, 2.45) is 0 Å². The highest BCUT2D eigenvalue weighted by Crippen LogP contribution is 2.42. The molecule has 2 fully saturated rings. The topological polar surface area (TPSA) is 41.2 Å². The number of hydrogen-bond donors (Lipinski definition) is 1. The molecule has 3 heteroatoms. The van der Waals surface area contributed by atoms with Gasteiger partial charge in [0.15, 0.2) is 6.29 Å². The third kappa shape index (κ3) is 1.08. The van der Waals surface area contributed by atoms with Gasteiger partial charge in [-0.2, -0.15) is 0 Å².